The number of nitrogens with zero attached hydrogens (tertiary/aromatic N) is 1. The number of nitrogens with one attached hydrogen (secondary N) is 1. The first-order chi connectivity index (χ1) is 9.25. The molecule has 3 nitrogen and oxygen atoms in total. The van der Waals surface area contributed by atoms with E-state index >= 15 is 0 Å². The average molecular weight is 280 g/mol. The van der Waals surface area contributed by atoms with Gasteiger partial charge in [0.1, 0.15) is 0 Å². The van der Waals surface area contributed by atoms with E-state index in [2.05, 4.69) is 24.1 Å². The lowest BCUT2D eigenvalue weighted by atomic mass is 9.88. The van der Waals surface area contributed by atoms with Crippen LogP contribution in [0.15, 0.2) is 0 Å². The molecule has 1 aliphatic carbocycles. The third-order valence-corrected chi connectivity index (χ3v) is 4.68. The van der Waals surface area contributed by atoms with E-state index in [0.717, 1.165) is 18.4 Å². The van der Waals surface area contributed by atoms with Crippen molar-refractivity contribution in [3.8, 4) is 0 Å². The minimum absolute atomic E-state index is 0.193. The van der Waals surface area contributed by atoms with Crippen molar-refractivity contribution < 1.29 is 4.79 Å². The number of amides is 1. The first-order valence-corrected chi connectivity index (χ1v) is 8.30. The molecular formula is C17H32N2O. The maximum Gasteiger partial charge on any atom is 0.225 e. The molecule has 0 aromatic heterocycles. The van der Waals surface area contributed by atoms with Gasteiger partial charge in [0.05, 0.1) is 0 Å². The van der Waals surface area contributed by atoms with Crippen molar-refractivity contribution in [2.24, 2.45) is 17.3 Å². The largest absolute Gasteiger partial charge is 0.352 e. The summed E-state index contributed by atoms with van der Waals surface area (Å²) in [5.74, 6) is 1.94. The average Bonchev–Trinajstić information content (AvgIpc) is 3.11. The smallest absolute Gasteiger partial charge is 0.225 e. The molecule has 0 aromatic rings. The number of carbonyl (C=O) groups excluding carboxylic acids is 1. The van der Waals surface area contributed by atoms with Crippen molar-refractivity contribution in [3.05, 3.63) is 0 Å². The van der Waals surface area contributed by atoms with Gasteiger partial charge in [-0.1, -0.05) is 33.6 Å². The molecule has 2 fully saturated rings. The summed E-state index contributed by atoms with van der Waals surface area (Å²) in [5, 5.41) is 3.29. The number of hydrogen-bond donors (Lipinski definition) is 1. The lowest BCUT2D eigenvalue weighted by Gasteiger charge is -2.41. The zero-order valence-electron chi connectivity index (χ0n) is 13.9. The van der Waals surface area contributed by atoms with E-state index in [1.165, 1.54) is 32.2 Å². The topological polar surface area (TPSA) is 32.3 Å². The van der Waals surface area contributed by atoms with Crippen LogP contribution in [-0.4, -0.2) is 36.0 Å². The number of piperidine rings is 1. The van der Waals surface area contributed by atoms with E-state index in [9.17, 15) is 4.79 Å². The molecule has 1 saturated heterocycles. The van der Waals surface area contributed by atoms with Gasteiger partial charge in [0.25, 0.3) is 0 Å². The molecule has 1 heterocycles. The summed E-state index contributed by atoms with van der Waals surface area (Å²) in [5.41, 5.74) is -0.286. The Kier molecular flexibility index (Phi) is 4.78. The minimum atomic E-state index is -0.286. The number of rotatable bonds is 4. The van der Waals surface area contributed by atoms with Gasteiger partial charge < -0.3 is 5.32 Å². The molecule has 2 aliphatic rings. The molecule has 2 atom stereocenters. The Morgan fingerprint density at radius 1 is 1.20 bits per heavy atom. The fourth-order valence-corrected chi connectivity index (χ4v) is 3.16. The minimum Gasteiger partial charge on any atom is -0.352 e. The number of likely N-dealkylation sites (tertiary alicyclic amines) is 1. The van der Waals surface area contributed by atoms with Gasteiger partial charge in [-0.3, -0.25) is 9.69 Å². The van der Waals surface area contributed by atoms with Gasteiger partial charge in [-0.05, 0) is 38.5 Å². The highest BCUT2D eigenvalue weighted by atomic mass is 16.2. The monoisotopic (exact) mass is 280 g/mol. The Morgan fingerprint density at radius 2 is 1.85 bits per heavy atom. The normalized spacial score (nSPS) is 28.7. The molecule has 0 radical (unpaired) electrons. The zero-order valence-corrected chi connectivity index (χ0v) is 13.9. The molecule has 1 aliphatic heterocycles. The lowest BCUT2D eigenvalue weighted by Crippen LogP contribution is -2.54. The van der Waals surface area contributed by atoms with Crippen molar-refractivity contribution in [2.45, 2.75) is 72.4 Å². The summed E-state index contributed by atoms with van der Waals surface area (Å²) in [6.07, 6.45) is 5.39. The Hall–Kier alpha value is -0.570. The summed E-state index contributed by atoms with van der Waals surface area (Å²) in [4.78, 5) is 14.8. The first kappa shape index (κ1) is 15.8. The van der Waals surface area contributed by atoms with Crippen molar-refractivity contribution >= 4 is 5.91 Å². The van der Waals surface area contributed by atoms with Crippen molar-refractivity contribution in [3.63, 3.8) is 0 Å². The van der Waals surface area contributed by atoms with Crippen molar-refractivity contribution in [1.82, 2.24) is 10.2 Å². The van der Waals surface area contributed by atoms with E-state index in [0.29, 0.717) is 12.1 Å². The third kappa shape index (κ3) is 4.47. The van der Waals surface area contributed by atoms with Crippen molar-refractivity contribution in [1.29, 1.82) is 0 Å². The molecule has 1 saturated carbocycles. The highest BCUT2D eigenvalue weighted by Crippen LogP contribution is 2.38. The van der Waals surface area contributed by atoms with E-state index < -0.39 is 0 Å². The molecule has 1 amide bonds. The number of hydrogen-bond acceptors (Lipinski definition) is 2. The van der Waals surface area contributed by atoms with Gasteiger partial charge in [0.2, 0.25) is 5.91 Å². The summed E-state index contributed by atoms with van der Waals surface area (Å²) in [6, 6.07) is 0.910. The van der Waals surface area contributed by atoms with Gasteiger partial charge in [0, 0.05) is 30.6 Å². The molecule has 2 rings (SSSR count). The highest BCUT2D eigenvalue weighted by molar-refractivity contribution is 5.81. The third-order valence-electron chi connectivity index (χ3n) is 4.68. The zero-order chi connectivity index (χ0) is 14.9. The second-order valence-electron chi connectivity index (χ2n) is 8.25. The molecule has 0 aromatic carbocycles. The van der Waals surface area contributed by atoms with Crippen LogP contribution in [0.4, 0.5) is 0 Å². The molecule has 1 N–H and O–H groups in total. The summed E-state index contributed by atoms with van der Waals surface area (Å²) in [7, 11) is 0. The Bertz CT molecular complexity index is 341. The molecule has 116 valence electrons. The standard InChI is InChI=1S/C17H32N2O/c1-12(2)19-10-14(8-13-6-7-13)9-15(11-19)18-16(20)17(3,4)5/h12-15H,6-11H2,1-5H3,(H,18,20). The van der Waals surface area contributed by atoms with Crippen LogP contribution in [0.2, 0.25) is 0 Å². The van der Waals surface area contributed by atoms with Gasteiger partial charge in [0.15, 0.2) is 0 Å². The van der Waals surface area contributed by atoms with Gasteiger partial charge in [-0.15, -0.1) is 0 Å². The second kappa shape index (κ2) is 6.05. The van der Waals surface area contributed by atoms with Crippen LogP contribution in [0.1, 0.15) is 60.3 Å². The number of carbonyl (C=O) groups is 1. The summed E-state index contributed by atoms with van der Waals surface area (Å²) in [6.45, 7) is 12.7. The van der Waals surface area contributed by atoms with Crippen LogP contribution in [0.5, 0.6) is 0 Å². The van der Waals surface area contributed by atoms with E-state index in [4.69, 9.17) is 0 Å². The van der Waals surface area contributed by atoms with E-state index in [-0.39, 0.29) is 11.3 Å². The maximum absolute atomic E-state index is 12.2. The predicted octanol–water partition coefficient (Wildman–Crippen LogP) is 3.05. The Balaban J connectivity index is 1.94. The van der Waals surface area contributed by atoms with Crippen LogP contribution in [0, 0.1) is 17.3 Å². The molecule has 0 bridgehead atoms. The van der Waals surface area contributed by atoms with Crippen molar-refractivity contribution in [2.75, 3.05) is 13.1 Å². The molecular weight excluding hydrogens is 248 g/mol. The van der Waals surface area contributed by atoms with Crippen LogP contribution < -0.4 is 5.32 Å². The van der Waals surface area contributed by atoms with E-state index in [1.807, 2.05) is 20.8 Å². The fraction of sp³-hybridized carbons (Fsp3) is 0.941. The fourth-order valence-electron chi connectivity index (χ4n) is 3.16. The lowest BCUT2D eigenvalue weighted by molar-refractivity contribution is -0.129. The Labute approximate surface area is 124 Å². The summed E-state index contributed by atoms with van der Waals surface area (Å²) < 4.78 is 0. The molecule has 20 heavy (non-hydrogen) atoms. The maximum atomic E-state index is 12.2. The SMILES string of the molecule is CC(C)N1CC(CC2CC2)CC(NC(=O)C(C)(C)C)C1. The van der Waals surface area contributed by atoms with Crippen LogP contribution in [0.25, 0.3) is 0 Å². The Morgan fingerprint density at radius 3 is 2.35 bits per heavy atom. The van der Waals surface area contributed by atoms with Crippen LogP contribution >= 0.6 is 0 Å². The van der Waals surface area contributed by atoms with Gasteiger partial charge in [-0.2, -0.15) is 0 Å². The van der Waals surface area contributed by atoms with E-state index in [1.54, 1.807) is 0 Å². The molecule has 2 unspecified atom stereocenters. The molecule has 3 heteroatoms. The second-order valence-corrected chi connectivity index (χ2v) is 8.25. The molecule has 0 spiro atoms. The van der Waals surface area contributed by atoms with Crippen LogP contribution in [0.3, 0.4) is 0 Å². The summed E-state index contributed by atoms with van der Waals surface area (Å²) >= 11 is 0. The van der Waals surface area contributed by atoms with Gasteiger partial charge in [-0.25, -0.2) is 0 Å². The predicted molar refractivity (Wildman–Crippen MR) is 83.5 cm³/mol. The quantitative estimate of drug-likeness (QED) is 0.858. The van der Waals surface area contributed by atoms with Gasteiger partial charge >= 0.3 is 0 Å². The van der Waals surface area contributed by atoms with Crippen LogP contribution in [-0.2, 0) is 4.79 Å². The highest BCUT2D eigenvalue weighted by Gasteiger charge is 2.34. The first-order valence-electron chi connectivity index (χ1n) is 8.30.